The van der Waals surface area contributed by atoms with Gasteiger partial charge in [0.2, 0.25) is 0 Å². The van der Waals surface area contributed by atoms with Crippen molar-refractivity contribution in [2.24, 2.45) is 0 Å². The molecule has 0 heterocycles. The summed E-state index contributed by atoms with van der Waals surface area (Å²) in [5.41, 5.74) is 4.18. The standard InChI is InChI=1S/C8H8BrO.3C2H4O2.Pb/c1-10-8-4-2-3-7(5-8)6-9;3*1-2(3)4;/h2,4-5H,6H2,1H3;3*1H3,(H,3,4);/p-3. The van der Waals surface area contributed by atoms with E-state index in [1.54, 1.807) is 7.11 Å². The van der Waals surface area contributed by atoms with Gasteiger partial charge >= 0.3 is 0 Å². The number of rotatable bonds is 2. The van der Waals surface area contributed by atoms with Gasteiger partial charge in [-0.15, -0.1) is 5.73 Å². The Morgan fingerprint density at radius 1 is 1.09 bits per heavy atom. The molecule has 0 aromatic heterocycles. The fourth-order valence-electron chi connectivity index (χ4n) is 0.696. The van der Waals surface area contributed by atoms with Crippen molar-refractivity contribution in [1.82, 2.24) is 0 Å². The van der Waals surface area contributed by atoms with E-state index in [0.29, 0.717) is 0 Å². The molecule has 0 saturated heterocycles. The first-order valence-corrected chi connectivity index (χ1v) is 6.82. The molecule has 0 aromatic rings. The quantitative estimate of drug-likeness (QED) is 0.211. The molecule has 5 radical (unpaired) electrons. The Morgan fingerprint density at radius 3 is 1.70 bits per heavy atom. The molecule has 0 amide bonds. The second kappa shape index (κ2) is 20.9. The van der Waals surface area contributed by atoms with Crippen LogP contribution in [-0.4, -0.2) is 57.6 Å². The molecule has 0 unspecified atom stereocenters. The summed E-state index contributed by atoms with van der Waals surface area (Å²) in [5.74, 6) is -2.37. The maximum absolute atomic E-state index is 8.89. The molecule has 0 saturated carbocycles. The largest absolute Gasteiger partial charge is 0.550 e. The van der Waals surface area contributed by atoms with Gasteiger partial charge in [-0.25, -0.2) is 0 Å². The summed E-state index contributed by atoms with van der Waals surface area (Å²) >= 11 is 3.33. The molecule has 1 aliphatic rings. The molecule has 23 heavy (non-hydrogen) atoms. The minimum Gasteiger partial charge on any atom is -0.550 e. The second-order valence-electron chi connectivity index (χ2n) is 3.36. The summed E-state index contributed by atoms with van der Waals surface area (Å²) in [6.45, 7) is 2.92. The zero-order valence-corrected chi connectivity index (χ0v) is 18.6. The van der Waals surface area contributed by atoms with E-state index in [4.69, 9.17) is 34.4 Å². The Labute approximate surface area is 164 Å². The van der Waals surface area contributed by atoms with Crippen molar-refractivity contribution in [3.05, 3.63) is 35.6 Å². The van der Waals surface area contributed by atoms with E-state index in [9.17, 15) is 0 Å². The van der Waals surface area contributed by atoms with Gasteiger partial charge in [0.05, 0.1) is 13.5 Å². The maximum atomic E-state index is 8.89. The number of alkyl halides is 1. The number of aliphatic carboxylic acids is 3. The molecule has 0 aliphatic heterocycles. The molecule has 9 heteroatoms. The van der Waals surface area contributed by atoms with Crippen molar-refractivity contribution in [3.8, 4) is 0 Å². The van der Waals surface area contributed by atoms with Crippen molar-refractivity contribution in [2.75, 3.05) is 12.4 Å². The number of hydrogen-bond donors (Lipinski definition) is 0. The zero-order valence-electron chi connectivity index (χ0n) is 13.2. The van der Waals surface area contributed by atoms with Crippen LogP contribution in [0.3, 0.4) is 0 Å². The molecule has 1 aliphatic carbocycles. The molecule has 0 N–H and O–H groups in total. The normalized spacial score (nSPS) is 10.3. The monoisotopic (exact) mass is 584 g/mol. The third-order valence-corrected chi connectivity index (χ3v) is 1.82. The van der Waals surface area contributed by atoms with Gasteiger partial charge in [0.25, 0.3) is 0 Å². The van der Waals surface area contributed by atoms with Crippen molar-refractivity contribution in [3.63, 3.8) is 0 Å². The van der Waals surface area contributed by atoms with Crippen LogP contribution in [0.4, 0.5) is 0 Å². The van der Waals surface area contributed by atoms with Crippen LogP contribution in [0.25, 0.3) is 0 Å². The Hall–Kier alpha value is -1.13. The fourth-order valence-corrected chi connectivity index (χ4v) is 1.02. The number of hydrogen-bond acceptors (Lipinski definition) is 7. The van der Waals surface area contributed by atoms with Gasteiger partial charge in [-0.05, 0) is 38.5 Å². The number of ether oxygens (including phenoxy) is 1. The molecule has 0 bridgehead atoms. The van der Waals surface area contributed by atoms with Crippen LogP contribution in [0.5, 0.6) is 0 Å². The molecule has 7 nitrogen and oxygen atoms in total. The van der Waals surface area contributed by atoms with Crippen molar-refractivity contribution < 1.29 is 34.4 Å². The van der Waals surface area contributed by atoms with Crippen LogP contribution in [0.2, 0.25) is 0 Å². The van der Waals surface area contributed by atoms with Crippen LogP contribution in [0, 0.1) is 6.42 Å². The molecular weight excluding hydrogens is 567 g/mol. The Morgan fingerprint density at radius 2 is 1.43 bits per heavy atom. The first-order chi connectivity index (χ1) is 10.1. The van der Waals surface area contributed by atoms with Crippen molar-refractivity contribution in [2.45, 2.75) is 20.8 Å². The van der Waals surface area contributed by atoms with Gasteiger partial charge in [-0.3, -0.25) is 0 Å². The number of allylic oxidation sites excluding steroid dienone is 2. The third-order valence-electron chi connectivity index (χ3n) is 1.21. The number of carbonyl (C=O) groups excluding carboxylic acids is 3. The summed E-state index contributed by atoms with van der Waals surface area (Å²) in [6.07, 6.45) is 5.69. The molecule has 0 spiro atoms. The van der Waals surface area contributed by atoms with E-state index >= 15 is 0 Å². The minimum absolute atomic E-state index is 0. The van der Waals surface area contributed by atoms with Crippen molar-refractivity contribution >= 4 is 61.1 Å². The summed E-state index contributed by atoms with van der Waals surface area (Å²) in [7, 11) is 1.66. The first kappa shape index (κ1) is 29.8. The van der Waals surface area contributed by atoms with E-state index in [1.165, 1.54) is 0 Å². The van der Waals surface area contributed by atoms with Crippen LogP contribution < -0.4 is 15.3 Å². The minimum atomic E-state index is -1.08. The SMILES string of the molecule is CC(=O)[O-].CC(=O)[O-].CC(=O)[O-].COC1=CC=C=C(CBr)[CH]1.[Pb]. The van der Waals surface area contributed by atoms with Crippen LogP contribution in [0.15, 0.2) is 29.2 Å². The Bertz CT molecular complexity index is 412. The maximum Gasteiger partial charge on any atom is 0.105 e. The van der Waals surface area contributed by atoms with Crippen molar-refractivity contribution in [1.29, 1.82) is 0 Å². The van der Waals surface area contributed by atoms with E-state index in [2.05, 4.69) is 21.7 Å². The molecular formula is C14H17BrO7Pb-3. The summed E-state index contributed by atoms with van der Waals surface area (Å²) < 4.78 is 5.02. The second-order valence-corrected chi connectivity index (χ2v) is 3.92. The average molecular weight is 584 g/mol. The van der Waals surface area contributed by atoms with Crippen LogP contribution in [0.1, 0.15) is 20.8 Å². The predicted molar refractivity (Wildman–Crippen MR) is 82.6 cm³/mol. The topological polar surface area (TPSA) is 130 Å². The smallest absolute Gasteiger partial charge is 0.105 e. The van der Waals surface area contributed by atoms with Gasteiger partial charge < -0.3 is 34.4 Å². The van der Waals surface area contributed by atoms with E-state index in [1.807, 2.05) is 18.6 Å². The first-order valence-electron chi connectivity index (χ1n) is 5.70. The third kappa shape index (κ3) is 44.9. The number of carboxylic acids is 3. The molecule has 0 fully saturated rings. The van der Waals surface area contributed by atoms with Gasteiger partial charge in [0.1, 0.15) is 5.76 Å². The van der Waals surface area contributed by atoms with Gasteiger partial charge in [-0.2, -0.15) is 0 Å². The Kier molecular flexibility index (Phi) is 27.1. The number of halogens is 1. The predicted octanol–water partition coefficient (Wildman–Crippen LogP) is -1.90. The molecule has 1 rings (SSSR count). The van der Waals surface area contributed by atoms with Crippen LogP contribution in [-0.2, 0) is 19.1 Å². The van der Waals surface area contributed by atoms with Gasteiger partial charge in [-0.1, -0.05) is 15.9 Å². The zero-order chi connectivity index (χ0) is 18.1. The molecule has 0 aromatic carbocycles. The van der Waals surface area contributed by atoms with Gasteiger partial charge in [0, 0.05) is 50.5 Å². The summed E-state index contributed by atoms with van der Waals surface area (Å²) in [6, 6.07) is 0. The summed E-state index contributed by atoms with van der Waals surface area (Å²) in [5, 5.41) is 27.5. The Balaban J connectivity index is -0.000000118. The van der Waals surface area contributed by atoms with Gasteiger partial charge in [0.15, 0.2) is 0 Å². The van der Waals surface area contributed by atoms with E-state index < -0.39 is 17.9 Å². The average Bonchev–Trinajstić information content (AvgIpc) is 2.36. The molecule has 0 atom stereocenters. The van der Waals surface area contributed by atoms with Crippen LogP contribution >= 0.6 is 15.9 Å². The summed E-state index contributed by atoms with van der Waals surface area (Å²) in [4.78, 5) is 26.7. The number of methoxy groups -OCH3 is 1. The van der Waals surface area contributed by atoms with E-state index in [0.717, 1.165) is 37.4 Å². The fraction of sp³-hybridized carbons (Fsp3) is 0.357. The van der Waals surface area contributed by atoms with E-state index in [-0.39, 0.29) is 27.3 Å². The number of carboxylic acid groups (broad SMARTS) is 3. The molecule has 129 valence electrons. The number of carbonyl (C=O) groups is 3.